The molecule has 1 aliphatic carbocycles. The van der Waals surface area contributed by atoms with Gasteiger partial charge in [-0.2, -0.15) is 5.26 Å². The van der Waals surface area contributed by atoms with Gasteiger partial charge in [-0.25, -0.2) is 28.5 Å². The summed E-state index contributed by atoms with van der Waals surface area (Å²) in [5.74, 6) is -3.87. The van der Waals surface area contributed by atoms with Crippen LogP contribution in [0.15, 0.2) is 24.3 Å². The topological polar surface area (TPSA) is 124 Å². The molecule has 2 atom stereocenters. The molecule has 11 heteroatoms. The highest BCUT2D eigenvalue weighted by atomic mass is 35.5. The van der Waals surface area contributed by atoms with E-state index in [1.807, 2.05) is 26.0 Å². The van der Waals surface area contributed by atoms with Crippen molar-refractivity contribution in [3.05, 3.63) is 51.9 Å². The number of hydrogen-bond donors (Lipinski definition) is 3. The number of nitriles is 1. The van der Waals surface area contributed by atoms with Gasteiger partial charge in [0, 0.05) is 18.5 Å². The van der Waals surface area contributed by atoms with Gasteiger partial charge in [0.1, 0.15) is 11.2 Å². The van der Waals surface area contributed by atoms with Gasteiger partial charge >= 0.3 is 5.97 Å². The summed E-state index contributed by atoms with van der Waals surface area (Å²) in [6.45, 7) is 5.09. The maximum absolute atomic E-state index is 13.7. The number of benzene rings is 1. The molecule has 1 saturated carbocycles. The molecule has 2 heterocycles. The average molecular weight is 487 g/mol. The van der Waals surface area contributed by atoms with Gasteiger partial charge in [-0.1, -0.05) is 24.6 Å². The highest BCUT2D eigenvalue weighted by Crippen LogP contribution is 2.60. The quantitative estimate of drug-likeness (QED) is 0.390. The Bertz CT molecular complexity index is 1360. The fraction of sp³-hybridized carbons (Fsp3) is 0.348. The number of halogens is 3. The SMILES string of the molecule is Cc1cc([C@@H](C)Nc2ccc(Cl)nc2C(=O)O)c2nc(NC[C@@]3(C)CC3(F)F)c(C#N)nc2c1. The van der Waals surface area contributed by atoms with Gasteiger partial charge in [0.05, 0.1) is 28.2 Å². The van der Waals surface area contributed by atoms with Crippen LogP contribution in [0.5, 0.6) is 0 Å². The molecule has 0 radical (unpaired) electrons. The van der Waals surface area contributed by atoms with E-state index in [1.165, 1.54) is 19.1 Å². The summed E-state index contributed by atoms with van der Waals surface area (Å²) >= 11 is 5.84. The van der Waals surface area contributed by atoms with Crippen LogP contribution in [0, 0.1) is 23.7 Å². The van der Waals surface area contributed by atoms with E-state index in [0.717, 1.165) is 5.56 Å². The van der Waals surface area contributed by atoms with Crippen LogP contribution in [-0.4, -0.2) is 38.5 Å². The Morgan fingerprint density at radius 1 is 1.32 bits per heavy atom. The van der Waals surface area contributed by atoms with E-state index < -0.39 is 23.3 Å². The van der Waals surface area contributed by atoms with Crippen LogP contribution in [0.4, 0.5) is 20.3 Å². The van der Waals surface area contributed by atoms with Crippen LogP contribution in [0.1, 0.15) is 53.6 Å². The zero-order valence-electron chi connectivity index (χ0n) is 18.6. The number of carboxylic acids is 1. The summed E-state index contributed by atoms with van der Waals surface area (Å²) in [5.41, 5.74) is 1.30. The molecule has 176 valence electrons. The first-order valence-corrected chi connectivity index (χ1v) is 10.8. The minimum Gasteiger partial charge on any atom is -0.476 e. The molecule has 1 fully saturated rings. The summed E-state index contributed by atoms with van der Waals surface area (Å²) in [5, 5.41) is 25.1. The molecule has 3 aromatic rings. The maximum atomic E-state index is 13.7. The number of aromatic carboxylic acids is 1. The van der Waals surface area contributed by atoms with Gasteiger partial charge in [-0.15, -0.1) is 0 Å². The van der Waals surface area contributed by atoms with Gasteiger partial charge in [-0.3, -0.25) is 0 Å². The molecule has 0 bridgehead atoms. The first kappa shape index (κ1) is 23.6. The Morgan fingerprint density at radius 2 is 2.03 bits per heavy atom. The lowest BCUT2D eigenvalue weighted by Gasteiger charge is -2.20. The molecule has 1 aliphatic rings. The molecule has 1 aromatic carbocycles. The molecule has 34 heavy (non-hydrogen) atoms. The number of hydrogen-bond acceptors (Lipinski definition) is 7. The molecule has 0 saturated heterocycles. The first-order chi connectivity index (χ1) is 15.9. The molecule has 0 aliphatic heterocycles. The van der Waals surface area contributed by atoms with Crippen molar-refractivity contribution in [2.45, 2.75) is 39.2 Å². The maximum Gasteiger partial charge on any atom is 0.356 e. The Kier molecular flexibility index (Phi) is 5.77. The molecule has 4 rings (SSSR count). The molecule has 3 N–H and O–H groups in total. The summed E-state index contributed by atoms with van der Waals surface area (Å²) in [6.07, 6.45) is -0.234. The van der Waals surface area contributed by atoms with Crippen LogP contribution < -0.4 is 10.6 Å². The molecule has 0 spiro atoms. The third-order valence-electron chi connectivity index (χ3n) is 5.97. The van der Waals surface area contributed by atoms with Crippen LogP contribution in [0.2, 0.25) is 5.15 Å². The van der Waals surface area contributed by atoms with Gasteiger partial charge < -0.3 is 15.7 Å². The predicted molar refractivity (Wildman–Crippen MR) is 123 cm³/mol. The number of carboxylic acid groups (broad SMARTS) is 1. The number of aromatic nitrogens is 3. The third kappa shape index (κ3) is 4.31. The fourth-order valence-corrected chi connectivity index (χ4v) is 3.95. The van der Waals surface area contributed by atoms with Gasteiger partial charge in [0.2, 0.25) is 0 Å². The second kappa shape index (κ2) is 8.33. The fourth-order valence-electron chi connectivity index (χ4n) is 3.81. The largest absolute Gasteiger partial charge is 0.476 e. The minimum absolute atomic E-state index is 0.00675. The number of nitrogens with one attached hydrogen (secondary N) is 2. The van der Waals surface area contributed by atoms with E-state index in [-0.39, 0.29) is 41.0 Å². The van der Waals surface area contributed by atoms with Crippen molar-refractivity contribution in [3.8, 4) is 6.07 Å². The Labute approximate surface area is 199 Å². The van der Waals surface area contributed by atoms with E-state index >= 15 is 0 Å². The second-order valence-corrected chi connectivity index (χ2v) is 9.14. The lowest BCUT2D eigenvalue weighted by molar-refractivity contribution is 0.0690. The normalized spacial score (nSPS) is 19.3. The Balaban J connectivity index is 1.72. The zero-order chi connectivity index (χ0) is 24.8. The molecule has 0 amide bonds. The Hall–Kier alpha value is -3.58. The van der Waals surface area contributed by atoms with Crippen LogP contribution in [-0.2, 0) is 0 Å². The number of anilines is 2. The number of alkyl halides is 2. The number of pyridine rings is 1. The first-order valence-electron chi connectivity index (χ1n) is 10.4. The third-order valence-corrected chi connectivity index (χ3v) is 6.18. The zero-order valence-corrected chi connectivity index (χ0v) is 19.3. The molecular formula is C23H21ClF2N6O2. The van der Waals surface area contributed by atoms with E-state index in [0.29, 0.717) is 16.6 Å². The standard InChI is InChI=1S/C23H21ClF2N6O2/c1-11-6-13(12(2)29-14-4-5-17(24)31-19(14)21(33)34)18-15(7-11)30-16(8-27)20(32-18)28-10-22(3)9-23(22,25)26/h4-7,12,29H,9-10H2,1-3H3,(H,28,32)(H,33,34)/t12-,22-/m1/s1. The molecule has 0 unspecified atom stereocenters. The smallest absolute Gasteiger partial charge is 0.356 e. The molecule has 2 aromatic heterocycles. The van der Waals surface area contributed by atoms with Crippen molar-refractivity contribution in [3.63, 3.8) is 0 Å². The summed E-state index contributed by atoms with van der Waals surface area (Å²) in [7, 11) is 0. The van der Waals surface area contributed by atoms with Crippen LogP contribution >= 0.6 is 11.6 Å². The lowest BCUT2D eigenvalue weighted by atomic mass is 10.0. The second-order valence-electron chi connectivity index (χ2n) is 8.75. The minimum atomic E-state index is -2.76. The van der Waals surface area contributed by atoms with E-state index in [9.17, 15) is 23.9 Å². The molecular weight excluding hydrogens is 466 g/mol. The summed E-state index contributed by atoms with van der Waals surface area (Å²) in [6, 6.07) is 8.17. The van der Waals surface area contributed by atoms with Crippen molar-refractivity contribution in [1.82, 2.24) is 15.0 Å². The van der Waals surface area contributed by atoms with E-state index in [4.69, 9.17) is 11.6 Å². The summed E-state index contributed by atoms with van der Waals surface area (Å²) < 4.78 is 27.3. The number of carbonyl (C=O) groups is 1. The van der Waals surface area contributed by atoms with Crippen molar-refractivity contribution in [2.75, 3.05) is 17.2 Å². The van der Waals surface area contributed by atoms with Crippen LogP contribution in [0.3, 0.4) is 0 Å². The van der Waals surface area contributed by atoms with E-state index in [1.54, 1.807) is 6.07 Å². The number of rotatable bonds is 7. The van der Waals surface area contributed by atoms with Gasteiger partial charge in [0.15, 0.2) is 17.2 Å². The Morgan fingerprint density at radius 3 is 2.65 bits per heavy atom. The van der Waals surface area contributed by atoms with Crippen molar-refractivity contribution in [2.24, 2.45) is 5.41 Å². The van der Waals surface area contributed by atoms with Crippen molar-refractivity contribution < 1.29 is 18.7 Å². The van der Waals surface area contributed by atoms with Gasteiger partial charge in [-0.05, 0) is 37.6 Å². The van der Waals surface area contributed by atoms with Crippen molar-refractivity contribution >= 4 is 40.1 Å². The molecule has 8 nitrogen and oxygen atoms in total. The lowest BCUT2D eigenvalue weighted by Crippen LogP contribution is -2.20. The highest BCUT2D eigenvalue weighted by molar-refractivity contribution is 6.29. The number of fused-ring (bicyclic) bond motifs is 1. The summed E-state index contributed by atoms with van der Waals surface area (Å²) in [4.78, 5) is 24.4. The van der Waals surface area contributed by atoms with Gasteiger partial charge in [0.25, 0.3) is 5.92 Å². The number of nitrogens with zero attached hydrogens (tertiary/aromatic N) is 4. The van der Waals surface area contributed by atoms with E-state index in [2.05, 4.69) is 25.6 Å². The average Bonchev–Trinajstić information content (AvgIpc) is 3.29. The van der Waals surface area contributed by atoms with Crippen LogP contribution in [0.25, 0.3) is 11.0 Å². The highest BCUT2D eigenvalue weighted by Gasteiger charge is 2.67. The van der Waals surface area contributed by atoms with Crippen molar-refractivity contribution in [1.29, 1.82) is 5.26 Å². The monoisotopic (exact) mass is 486 g/mol. The number of aryl methyl sites for hydroxylation is 1. The predicted octanol–water partition coefficient (Wildman–Crippen LogP) is 5.19.